The average molecular weight is 224 g/mol. The van der Waals surface area contributed by atoms with Crippen molar-refractivity contribution in [3.05, 3.63) is 0 Å². The monoisotopic (exact) mass is 224 g/mol. The first-order valence-corrected chi connectivity index (χ1v) is 7.02. The minimum absolute atomic E-state index is 0.545. The van der Waals surface area contributed by atoms with Crippen LogP contribution in [0.3, 0.4) is 0 Å². The molecule has 0 aromatic heterocycles. The Morgan fingerprint density at radius 1 is 1.12 bits per heavy atom. The Morgan fingerprint density at radius 2 is 2.06 bits per heavy atom. The maximum atomic E-state index is 5.91. The van der Waals surface area contributed by atoms with E-state index in [0.717, 1.165) is 25.2 Å². The molecule has 3 rings (SSSR count). The zero-order valence-corrected chi connectivity index (χ0v) is 10.2. The van der Waals surface area contributed by atoms with Crippen molar-refractivity contribution in [3.63, 3.8) is 0 Å². The van der Waals surface area contributed by atoms with Gasteiger partial charge in [0.15, 0.2) is 0 Å². The Morgan fingerprint density at radius 3 is 2.94 bits per heavy atom. The fourth-order valence-corrected chi connectivity index (χ4v) is 3.60. The number of nitrogens with one attached hydrogen (secondary N) is 1. The van der Waals surface area contributed by atoms with Crippen molar-refractivity contribution >= 4 is 0 Å². The molecule has 3 fully saturated rings. The van der Waals surface area contributed by atoms with Crippen LogP contribution in [0.25, 0.3) is 0 Å². The fourth-order valence-electron chi connectivity index (χ4n) is 3.60. The highest BCUT2D eigenvalue weighted by molar-refractivity contribution is 4.90. The maximum Gasteiger partial charge on any atom is 0.0730 e. The maximum absolute atomic E-state index is 5.91. The van der Waals surface area contributed by atoms with Gasteiger partial charge in [-0.1, -0.05) is 12.8 Å². The summed E-state index contributed by atoms with van der Waals surface area (Å²) in [6.45, 7) is 4.58. The molecule has 2 aliphatic heterocycles. The molecular formula is C13H24N2O. The lowest BCUT2D eigenvalue weighted by molar-refractivity contribution is -0.0897. The highest BCUT2D eigenvalue weighted by atomic mass is 16.5. The standard InChI is InChI=1S/C13H24N2O/c1-2-6-13-12(5-1)15(8-9-16-13)10-11-4-3-7-14-11/h11-14H,1-10H2. The zero-order valence-electron chi connectivity index (χ0n) is 10.2. The SMILES string of the molecule is C1CNC(CN2CCOC3CCCCC32)C1. The fraction of sp³-hybridized carbons (Fsp3) is 1.00. The average Bonchev–Trinajstić information content (AvgIpc) is 2.82. The van der Waals surface area contributed by atoms with E-state index in [2.05, 4.69) is 10.2 Å². The summed E-state index contributed by atoms with van der Waals surface area (Å²) in [7, 11) is 0. The van der Waals surface area contributed by atoms with Crippen molar-refractivity contribution in [2.45, 2.75) is 56.7 Å². The molecule has 0 amide bonds. The van der Waals surface area contributed by atoms with E-state index in [9.17, 15) is 0 Å². The Kier molecular flexibility index (Phi) is 3.46. The molecule has 3 unspecified atom stereocenters. The number of hydrogen-bond donors (Lipinski definition) is 1. The van der Waals surface area contributed by atoms with Gasteiger partial charge in [-0.3, -0.25) is 4.90 Å². The van der Waals surface area contributed by atoms with Crippen molar-refractivity contribution in [1.29, 1.82) is 0 Å². The number of ether oxygens (including phenoxy) is 1. The van der Waals surface area contributed by atoms with Crippen LogP contribution in [0, 0.1) is 0 Å². The smallest absolute Gasteiger partial charge is 0.0730 e. The van der Waals surface area contributed by atoms with Gasteiger partial charge in [-0.15, -0.1) is 0 Å². The van der Waals surface area contributed by atoms with Crippen molar-refractivity contribution in [1.82, 2.24) is 10.2 Å². The highest BCUT2D eigenvalue weighted by Crippen LogP contribution is 2.28. The molecule has 3 nitrogen and oxygen atoms in total. The molecular weight excluding hydrogens is 200 g/mol. The van der Waals surface area contributed by atoms with Crippen LogP contribution in [0.1, 0.15) is 38.5 Å². The van der Waals surface area contributed by atoms with Gasteiger partial charge >= 0.3 is 0 Å². The van der Waals surface area contributed by atoms with Crippen LogP contribution >= 0.6 is 0 Å². The lowest BCUT2D eigenvalue weighted by Gasteiger charge is -2.44. The number of fused-ring (bicyclic) bond motifs is 1. The molecule has 2 saturated heterocycles. The highest BCUT2D eigenvalue weighted by Gasteiger charge is 2.35. The van der Waals surface area contributed by atoms with E-state index >= 15 is 0 Å². The van der Waals surface area contributed by atoms with E-state index in [1.165, 1.54) is 51.6 Å². The topological polar surface area (TPSA) is 24.5 Å². The molecule has 3 atom stereocenters. The van der Waals surface area contributed by atoms with Crippen LogP contribution in [0.2, 0.25) is 0 Å². The molecule has 0 aromatic carbocycles. The molecule has 92 valence electrons. The molecule has 1 N–H and O–H groups in total. The predicted molar refractivity (Wildman–Crippen MR) is 64.6 cm³/mol. The third-order valence-corrected chi connectivity index (χ3v) is 4.46. The first-order valence-electron chi connectivity index (χ1n) is 7.02. The summed E-state index contributed by atoms with van der Waals surface area (Å²) >= 11 is 0. The number of hydrogen-bond acceptors (Lipinski definition) is 3. The predicted octanol–water partition coefficient (Wildman–Crippen LogP) is 1.38. The third kappa shape index (κ3) is 2.27. The molecule has 0 radical (unpaired) electrons. The molecule has 0 aromatic rings. The third-order valence-electron chi connectivity index (χ3n) is 4.46. The Hall–Kier alpha value is -0.120. The summed E-state index contributed by atoms with van der Waals surface area (Å²) < 4.78 is 5.91. The van der Waals surface area contributed by atoms with Gasteiger partial charge in [0, 0.05) is 25.2 Å². The largest absolute Gasteiger partial charge is 0.375 e. The number of nitrogens with zero attached hydrogens (tertiary/aromatic N) is 1. The quantitative estimate of drug-likeness (QED) is 0.767. The molecule has 0 bridgehead atoms. The van der Waals surface area contributed by atoms with Crippen LogP contribution in [0.4, 0.5) is 0 Å². The van der Waals surface area contributed by atoms with Crippen molar-refractivity contribution < 1.29 is 4.74 Å². The molecule has 1 saturated carbocycles. The minimum atomic E-state index is 0.545. The minimum Gasteiger partial charge on any atom is -0.375 e. The summed E-state index contributed by atoms with van der Waals surface area (Å²) in [6, 6.07) is 1.48. The molecule has 3 heteroatoms. The van der Waals surface area contributed by atoms with Gasteiger partial charge in [0.1, 0.15) is 0 Å². The van der Waals surface area contributed by atoms with Gasteiger partial charge in [0.25, 0.3) is 0 Å². The van der Waals surface area contributed by atoms with E-state index in [0.29, 0.717) is 6.10 Å². The molecule has 2 heterocycles. The second-order valence-corrected chi connectivity index (χ2v) is 5.55. The molecule has 16 heavy (non-hydrogen) atoms. The summed E-state index contributed by atoms with van der Waals surface area (Å²) in [5.74, 6) is 0. The van der Waals surface area contributed by atoms with E-state index in [1.54, 1.807) is 0 Å². The first kappa shape index (κ1) is 11.0. The summed E-state index contributed by atoms with van der Waals surface area (Å²) in [6.07, 6.45) is 8.70. The van der Waals surface area contributed by atoms with Gasteiger partial charge in [0.05, 0.1) is 12.7 Å². The van der Waals surface area contributed by atoms with Crippen LogP contribution in [-0.2, 0) is 4.74 Å². The molecule has 3 aliphatic rings. The van der Waals surface area contributed by atoms with Crippen LogP contribution < -0.4 is 5.32 Å². The lowest BCUT2D eigenvalue weighted by Crippen LogP contribution is -2.55. The van der Waals surface area contributed by atoms with Crippen molar-refractivity contribution in [2.75, 3.05) is 26.2 Å². The van der Waals surface area contributed by atoms with Gasteiger partial charge in [0.2, 0.25) is 0 Å². The molecule has 1 aliphatic carbocycles. The van der Waals surface area contributed by atoms with Crippen LogP contribution in [-0.4, -0.2) is 49.3 Å². The lowest BCUT2D eigenvalue weighted by atomic mass is 9.90. The Bertz CT molecular complexity index is 226. The van der Waals surface area contributed by atoms with Crippen LogP contribution in [0.15, 0.2) is 0 Å². The number of rotatable bonds is 2. The van der Waals surface area contributed by atoms with Crippen molar-refractivity contribution in [3.8, 4) is 0 Å². The second kappa shape index (κ2) is 5.03. The van der Waals surface area contributed by atoms with E-state index < -0.39 is 0 Å². The van der Waals surface area contributed by atoms with E-state index in [-0.39, 0.29) is 0 Å². The Balaban J connectivity index is 1.59. The summed E-state index contributed by atoms with van der Waals surface area (Å²) in [4.78, 5) is 2.70. The first-order chi connectivity index (χ1) is 7.93. The zero-order chi connectivity index (χ0) is 10.8. The van der Waals surface area contributed by atoms with Gasteiger partial charge in [-0.2, -0.15) is 0 Å². The normalized spacial score (nSPS) is 40.9. The van der Waals surface area contributed by atoms with Crippen molar-refractivity contribution in [2.24, 2.45) is 0 Å². The van der Waals surface area contributed by atoms with Gasteiger partial charge in [-0.25, -0.2) is 0 Å². The van der Waals surface area contributed by atoms with E-state index in [4.69, 9.17) is 4.74 Å². The van der Waals surface area contributed by atoms with E-state index in [1.807, 2.05) is 0 Å². The summed E-state index contributed by atoms with van der Waals surface area (Å²) in [5, 5.41) is 3.62. The number of morpholine rings is 1. The van der Waals surface area contributed by atoms with Gasteiger partial charge < -0.3 is 10.1 Å². The Labute approximate surface area is 98.5 Å². The van der Waals surface area contributed by atoms with Crippen LogP contribution in [0.5, 0.6) is 0 Å². The second-order valence-electron chi connectivity index (χ2n) is 5.55. The molecule has 0 spiro atoms. The summed E-state index contributed by atoms with van der Waals surface area (Å²) in [5.41, 5.74) is 0. The van der Waals surface area contributed by atoms with Gasteiger partial charge in [-0.05, 0) is 32.2 Å².